The molecule has 2 atom stereocenters. The number of rotatable bonds is 5. The second-order valence-electron chi connectivity index (χ2n) is 6.58. The molecule has 0 fully saturated rings. The molecule has 0 unspecified atom stereocenters. The fraction of sp³-hybridized carbons (Fsp3) is 0.923. The smallest absolute Gasteiger partial charge is 0.192 e. The zero-order valence-corrected chi connectivity index (χ0v) is 13.1. The minimum Gasteiger partial charge on any atom is -0.413 e. The Kier molecular flexibility index (Phi) is 5.40. The molecular weight excluding hydrogens is 216 g/mol. The molecular formula is C13H28O2Si. The van der Waals surface area contributed by atoms with Crippen LogP contribution in [0.15, 0.2) is 0 Å². The van der Waals surface area contributed by atoms with E-state index in [1.807, 2.05) is 6.92 Å². The largest absolute Gasteiger partial charge is 0.413 e. The molecule has 0 aromatic heterocycles. The average Bonchev–Trinajstić information content (AvgIpc) is 2.10. The van der Waals surface area contributed by atoms with E-state index < -0.39 is 8.32 Å². The lowest BCUT2D eigenvalue weighted by Gasteiger charge is -2.41. The first-order valence-electron chi connectivity index (χ1n) is 6.16. The van der Waals surface area contributed by atoms with Gasteiger partial charge in [-0.25, -0.2) is 0 Å². The molecule has 0 aromatic rings. The van der Waals surface area contributed by atoms with Gasteiger partial charge in [0, 0.05) is 5.92 Å². The van der Waals surface area contributed by atoms with Crippen LogP contribution >= 0.6 is 0 Å². The van der Waals surface area contributed by atoms with E-state index in [4.69, 9.17) is 4.43 Å². The van der Waals surface area contributed by atoms with Crippen LogP contribution in [0.1, 0.15) is 41.5 Å². The highest BCUT2D eigenvalue weighted by Crippen LogP contribution is 2.38. The maximum Gasteiger partial charge on any atom is 0.192 e. The normalized spacial score (nSPS) is 17.3. The number of carbonyl (C=O) groups is 1. The van der Waals surface area contributed by atoms with E-state index in [-0.39, 0.29) is 17.1 Å². The number of hydrogen-bond acceptors (Lipinski definition) is 2. The summed E-state index contributed by atoms with van der Waals surface area (Å²) in [5.41, 5.74) is 0. The summed E-state index contributed by atoms with van der Waals surface area (Å²) < 4.78 is 6.32. The Morgan fingerprint density at radius 1 is 1.12 bits per heavy atom. The van der Waals surface area contributed by atoms with Crippen molar-refractivity contribution in [1.82, 2.24) is 0 Å². The van der Waals surface area contributed by atoms with Gasteiger partial charge in [0.2, 0.25) is 0 Å². The van der Waals surface area contributed by atoms with Gasteiger partial charge in [0.1, 0.15) is 6.29 Å². The quantitative estimate of drug-likeness (QED) is 0.542. The third-order valence-electron chi connectivity index (χ3n) is 3.63. The molecule has 0 amide bonds. The predicted molar refractivity (Wildman–Crippen MR) is 72.1 cm³/mol. The van der Waals surface area contributed by atoms with Crippen molar-refractivity contribution in [1.29, 1.82) is 0 Å². The van der Waals surface area contributed by atoms with Crippen molar-refractivity contribution in [3.05, 3.63) is 0 Å². The summed E-state index contributed by atoms with van der Waals surface area (Å²) in [4.78, 5) is 10.9. The summed E-state index contributed by atoms with van der Waals surface area (Å²) in [5.74, 6) is 0.364. The molecule has 0 aliphatic rings. The molecule has 0 aromatic carbocycles. The van der Waals surface area contributed by atoms with E-state index in [0.29, 0.717) is 5.92 Å². The van der Waals surface area contributed by atoms with Gasteiger partial charge >= 0.3 is 0 Å². The van der Waals surface area contributed by atoms with Crippen LogP contribution < -0.4 is 0 Å². The first-order valence-corrected chi connectivity index (χ1v) is 9.07. The van der Waals surface area contributed by atoms with Crippen LogP contribution in [0.25, 0.3) is 0 Å². The summed E-state index contributed by atoms with van der Waals surface area (Å²) >= 11 is 0. The maximum atomic E-state index is 10.9. The number of aldehydes is 1. The van der Waals surface area contributed by atoms with Crippen LogP contribution in [-0.2, 0) is 9.22 Å². The van der Waals surface area contributed by atoms with Gasteiger partial charge in [-0.3, -0.25) is 0 Å². The van der Waals surface area contributed by atoms with Gasteiger partial charge < -0.3 is 9.22 Å². The summed E-state index contributed by atoms with van der Waals surface area (Å²) in [6.07, 6.45) is 1.07. The summed E-state index contributed by atoms with van der Waals surface area (Å²) in [6.45, 7) is 17.3. The molecule has 2 nitrogen and oxygen atoms in total. The highest BCUT2D eigenvalue weighted by Gasteiger charge is 2.40. The standard InChI is InChI=1S/C13H28O2Si/c1-10(2)12(11(3)9-14)15-16(7,8)13(4,5)6/h9-12H,1-8H3/t11-,12-/m1/s1. The van der Waals surface area contributed by atoms with Gasteiger partial charge in [-0.05, 0) is 24.1 Å². The minimum atomic E-state index is -1.77. The lowest BCUT2D eigenvalue weighted by Crippen LogP contribution is -2.47. The number of hydrogen-bond donors (Lipinski definition) is 0. The van der Waals surface area contributed by atoms with Crippen LogP contribution in [0.5, 0.6) is 0 Å². The first kappa shape index (κ1) is 15.8. The Morgan fingerprint density at radius 3 is 1.81 bits per heavy atom. The van der Waals surface area contributed by atoms with Crippen molar-refractivity contribution in [2.75, 3.05) is 0 Å². The third-order valence-corrected chi connectivity index (χ3v) is 8.10. The molecule has 16 heavy (non-hydrogen) atoms. The molecule has 0 spiro atoms. The van der Waals surface area contributed by atoms with Crippen LogP contribution in [-0.4, -0.2) is 20.7 Å². The van der Waals surface area contributed by atoms with E-state index in [0.717, 1.165) is 6.29 Å². The van der Waals surface area contributed by atoms with Gasteiger partial charge in [-0.2, -0.15) is 0 Å². The molecule has 0 radical (unpaired) electrons. The molecule has 96 valence electrons. The van der Waals surface area contributed by atoms with E-state index >= 15 is 0 Å². The van der Waals surface area contributed by atoms with Crippen LogP contribution in [0.3, 0.4) is 0 Å². The molecule has 3 heteroatoms. The average molecular weight is 244 g/mol. The summed E-state index contributed by atoms with van der Waals surface area (Å²) in [7, 11) is -1.77. The van der Waals surface area contributed by atoms with Crippen molar-refractivity contribution in [3.8, 4) is 0 Å². The van der Waals surface area contributed by atoms with Gasteiger partial charge in [0.25, 0.3) is 0 Å². The first-order chi connectivity index (χ1) is 7.03. The fourth-order valence-corrected chi connectivity index (χ4v) is 2.97. The lowest BCUT2D eigenvalue weighted by molar-refractivity contribution is -0.114. The molecule has 0 saturated heterocycles. The summed E-state index contributed by atoms with van der Waals surface area (Å²) in [6, 6.07) is 0. The Morgan fingerprint density at radius 2 is 1.56 bits per heavy atom. The zero-order valence-electron chi connectivity index (χ0n) is 12.1. The van der Waals surface area contributed by atoms with Gasteiger partial charge in [-0.1, -0.05) is 41.5 Å². The van der Waals surface area contributed by atoms with Gasteiger partial charge in [0.15, 0.2) is 8.32 Å². The van der Waals surface area contributed by atoms with Crippen molar-refractivity contribution in [2.45, 2.75) is 65.8 Å². The Bertz CT molecular complexity index is 229. The Balaban J connectivity index is 4.83. The molecule has 0 bridgehead atoms. The van der Waals surface area contributed by atoms with Crippen LogP contribution in [0, 0.1) is 11.8 Å². The number of carbonyl (C=O) groups excluding carboxylic acids is 1. The highest BCUT2D eigenvalue weighted by molar-refractivity contribution is 6.74. The SMILES string of the molecule is CC(C)[C@@H](O[Si](C)(C)C(C)(C)C)[C@H](C)C=O. The molecule has 0 aliphatic heterocycles. The van der Waals surface area contributed by atoms with E-state index in [1.165, 1.54) is 0 Å². The molecule has 0 saturated carbocycles. The molecule has 0 rings (SSSR count). The second kappa shape index (κ2) is 5.45. The predicted octanol–water partition coefficient (Wildman–Crippen LogP) is 3.87. The minimum absolute atomic E-state index is 0.0193. The van der Waals surface area contributed by atoms with E-state index in [2.05, 4.69) is 47.7 Å². The Hall–Kier alpha value is -0.153. The second-order valence-corrected chi connectivity index (χ2v) is 11.3. The van der Waals surface area contributed by atoms with Crippen molar-refractivity contribution >= 4 is 14.6 Å². The van der Waals surface area contributed by atoms with E-state index in [1.54, 1.807) is 0 Å². The van der Waals surface area contributed by atoms with Crippen molar-refractivity contribution in [2.24, 2.45) is 11.8 Å². The lowest BCUT2D eigenvalue weighted by atomic mass is 9.96. The van der Waals surface area contributed by atoms with E-state index in [9.17, 15) is 4.79 Å². The maximum absolute atomic E-state index is 10.9. The molecule has 0 aliphatic carbocycles. The molecule has 0 N–H and O–H groups in total. The van der Waals surface area contributed by atoms with Crippen LogP contribution in [0.2, 0.25) is 18.1 Å². The van der Waals surface area contributed by atoms with Gasteiger partial charge in [-0.15, -0.1) is 0 Å². The van der Waals surface area contributed by atoms with Crippen molar-refractivity contribution < 1.29 is 9.22 Å². The summed E-state index contributed by atoms with van der Waals surface area (Å²) in [5, 5.41) is 0.197. The van der Waals surface area contributed by atoms with Crippen molar-refractivity contribution in [3.63, 3.8) is 0 Å². The zero-order chi connectivity index (χ0) is 13.1. The van der Waals surface area contributed by atoms with Gasteiger partial charge in [0.05, 0.1) is 6.10 Å². The Labute approximate surface area is 102 Å². The highest BCUT2D eigenvalue weighted by atomic mass is 28.4. The third kappa shape index (κ3) is 4.02. The fourth-order valence-electron chi connectivity index (χ4n) is 1.44. The topological polar surface area (TPSA) is 26.3 Å². The monoisotopic (exact) mass is 244 g/mol. The molecule has 0 heterocycles. The van der Waals surface area contributed by atoms with Crippen LogP contribution in [0.4, 0.5) is 0 Å².